The highest BCUT2D eigenvalue weighted by molar-refractivity contribution is 7.69. The predicted molar refractivity (Wildman–Crippen MR) is 171 cm³/mol. The van der Waals surface area contributed by atoms with Crippen LogP contribution >= 0.6 is 31.3 Å². The van der Waals surface area contributed by atoms with E-state index in [1.54, 1.807) is 0 Å². The van der Waals surface area contributed by atoms with Crippen LogP contribution in [0.15, 0.2) is 22.2 Å². The molecule has 0 spiro atoms. The Balaban J connectivity index is 1.02. The molecule has 0 radical (unpaired) electrons. The molecule has 4 unspecified atom stereocenters. The van der Waals surface area contributed by atoms with E-state index in [4.69, 9.17) is 20.9 Å². The third-order valence-corrected chi connectivity index (χ3v) is 13.5. The van der Waals surface area contributed by atoms with Crippen molar-refractivity contribution in [2.24, 2.45) is 0 Å². The van der Waals surface area contributed by atoms with Crippen molar-refractivity contribution in [3.63, 3.8) is 0 Å². The third kappa shape index (κ3) is 8.80. The van der Waals surface area contributed by atoms with Gasteiger partial charge in [0.05, 0.1) is 25.9 Å². The van der Waals surface area contributed by atoms with Gasteiger partial charge in [-0.2, -0.15) is 22.9 Å². The van der Waals surface area contributed by atoms with Crippen molar-refractivity contribution in [2.75, 3.05) is 24.7 Å². The summed E-state index contributed by atoms with van der Waals surface area (Å²) in [5, 5.41) is 41.8. The number of aliphatic hydroxyl groups is 4. The summed E-state index contributed by atoms with van der Waals surface area (Å²) in [4.78, 5) is 83.4. The second kappa shape index (κ2) is 14.8. The van der Waals surface area contributed by atoms with Crippen LogP contribution in [0.4, 0.5) is 11.9 Å². The normalized spacial score (nSPS) is 30.3. The van der Waals surface area contributed by atoms with Gasteiger partial charge in [-0.15, -0.1) is 0 Å². The Morgan fingerprint density at radius 1 is 0.636 bits per heavy atom. The third-order valence-electron chi connectivity index (χ3n) is 7.55. The highest BCUT2D eigenvalue weighted by Crippen LogP contribution is 2.71. The number of nitrogen functional groups attached to an aromatic ring is 2. The van der Waals surface area contributed by atoms with Gasteiger partial charge in [-0.25, -0.2) is 28.2 Å². The molecule has 2 saturated heterocycles. The first-order valence-corrected chi connectivity index (χ1v) is 20.7. The summed E-state index contributed by atoms with van der Waals surface area (Å²) in [6.07, 6.45) is -11.9. The molecule has 35 heteroatoms. The molecule has 31 nitrogen and oxygen atoms in total. The zero-order chi connectivity index (χ0) is 40.4. The van der Waals surface area contributed by atoms with Crippen LogP contribution < -0.4 is 22.6 Å². The van der Waals surface area contributed by atoms with Gasteiger partial charge < -0.3 is 60.9 Å². The van der Waals surface area contributed by atoms with Crippen molar-refractivity contribution in [1.29, 1.82) is 0 Å². The Bertz CT molecular complexity index is 2260. The van der Waals surface area contributed by atoms with Crippen LogP contribution in [-0.4, -0.2) is 129 Å². The first-order valence-electron chi connectivity index (χ1n) is 14.7. The van der Waals surface area contributed by atoms with E-state index >= 15 is 0 Å². The summed E-state index contributed by atoms with van der Waals surface area (Å²) in [6.45, 7) is -2.36. The number of aromatic nitrogens is 8. The van der Waals surface area contributed by atoms with Gasteiger partial charge in [0, 0.05) is 0 Å². The average Bonchev–Trinajstić information content (AvgIpc) is 3.79. The number of nitrogens with zero attached hydrogens (tertiary/aromatic N) is 6. The average molecular weight is 868 g/mol. The van der Waals surface area contributed by atoms with Gasteiger partial charge in [0.25, 0.3) is 11.1 Å². The standard InChI is InChI=1S/C20H28N10O21P4/c21-19-25-13-7(15(35)27-19)23-3-29(13)17-11(33)9(31)5(47-17)1-45-52(37,38)49-54(41,42)51-55(43,44)50-53(39,40)46-2-6-10(32)12(34)18(48-6)30-4-24-8-14(30)26-20(22)28-16(8)36/h3-6,9-12,17-18,31-34H,1-2H2,(H,37,38)(H,39,40)(H,41,42)(H,43,44)(H3,21,25,27,35)(H3,22,26,28,36)/t5-,6+,9-,10-,11-,12-,17-,18+/m1/s1. The minimum Gasteiger partial charge on any atom is -0.387 e. The summed E-state index contributed by atoms with van der Waals surface area (Å²) in [7, 11) is -24.2. The summed E-state index contributed by atoms with van der Waals surface area (Å²) >= 11 is 0. The van der Waals surface area contributed by atoms with Crippen molar-refractivity contribution < 1.29 is 89.7 Å². The number of aliphatic hydroxyl groups excluding tert-OH is 4. The number of ether oxygens (including phenoxy) is 2. The summed E-state index contributed by atoms with van der Waals surface area (Å²) in [5.74, 6) is -0.680. The maximum Gasteiger partial charge on any atom is 0.490 e. The zero-order valence-electron chi connectivity index (χ0n) is 26.7. The second-order valence-corrected chi connectivity index (χ2v) is 17.6. The number of fused-ring (bicyclic) bond motifs is 2. The molecular formula is C20H28N10O21P4. The van der Waals surface area contributed by atoms with E-state index < -0.39 is 105 Å². The number of hydrogen-bond donors (Lipinski definition) is 12. The smallest absolute Gasteiger partial charge is 0.387 e. The van der Waals surface area contributed by atoms with E-state index in [0.717, 1.165) is 21.8 Å². The highest BCUT2D eigenvalue weighted by Gasteiger charge is 2.50. The number of H-pyrrole nitrogens is 2. The minimum absolute atomic E-state index is 0.192. The van der Waals surface area contributed by atoms with Crippen LogP contribution in [0.1, 0.15) is 12.5 Å². The zero-order valence-corrected chi connectivity index (χ0v) is 30.3. The van der Waals surface area contributed by atoms with Gasteiger partial charge in [-0.1, -0.05) is 0 Å². The number of phosphoric acid groups is 4. The number of imidazole rings is 2. The van der Waals surface area contributed by atoms with E-state index in [9.17, 15) is 67.8 Å². The molecule has 55 heavy (non-hydrogen) atoms. The van der Waals surface area contributed by atoms with E-state index in [-0.39, 0.29) is 34.2 Å². The lowest BCUT2D eigenvalue weighted by molar-refractivity contribution is -0.0505. The van der Waals surface area contributed by atoms with Crippen molar-refractivity contribution in [3.05, 3.63) is 33.4 Å². The van der Waals surface area contributed by atoms with Gasteiger partial charge in [-0.3, -0.25) is 37.7 Å². The SMILES string of the molecule is Nc1nc2c(ncn2[C@@H]2O[C@H](COP(=O)(O)OP(=O)(O)OP(=O)(O)OP(=O)(O)OC[C@@H]3O[C@H](n4cnc5c(=O)[nH]c(N)nc54)[C@H](O)[C@@H]3O)[C@@H](O)[C@H]2O)c(=O)[nH]1. The minimum atomic E-state index is -6.25. The molecule has 12 atom stereocenters. The molecule has 0 saturated carbocycles. The summed E-state index contributed by atoms with van der Waals surface area (Å²) in [5.41, 5.74) is 8.68. The molecule has 2 aliphatic rings. The molecule has 6 heterocycles. The Hall–Kier alpha value is -3.38. The molecule has 0 bridgehead atoms. The fraction of sp³-hybridized carbons (Fsp3) is 0.500. The van der Waals surface area contributed by atoms with E-state index in [0.29, 0.717) is 0 Å². The van der Waals surface area contributed by atoms with Crippen molar-refractivity contribution in [2.45, 2.75) is 49.1 Å². The van der Waals surface area contributed by atoms with E-state index in [1.807, 2.05) is 0 Å². The van der Waals surface area contributed by atoms with Gasteiger partial charge in [0.2, 0.25) is 11.9 Å². The van der Waals surface area contributed by atoms with Gasteiger partial charge in [0.15, 0.2) is 34.8 Å². The van der Waals surface area contributed by atoms with Gasteiger partial charge >= 0.3 is 31.3 Å². The van der Waals surface area contributed by atoms with Crippen LogP contribution in [0.3, 0.4) is 0 Å². The molecule has 0 aromatic carbocycles. The van der Waals surface area contributed by atoms with Crippen LogP contribution in [0, 0.1) is 0 Å². The lowest BCUT2D eigenvalue weighted by Crippen LogP contribution is -2.33. The number of nitrogens with one attached hydrogen (secondary N) is 2. The predicted octanol–water partition coefficient (Wildman–Crippen LogP) is -3.86. The first kappa shape index (κ1) is 41.3. The quantitative estimate of drug-likeness (QED) is 0.0540. The van der Waals surface area contributed by atoms with Crippen LogP contribution in [0.2, 0.25) is 0 Å². The monoisotopic (exact) mass is 868 g/mol. The molecular weight excluding hydrogens is 840 g/mol. The Morgan fingerprint density at radius 2 is 0.982 bits per heavy atom. The number of phosphoric ester groups is 2. The summed E-state index contributed by atoms with van der Waals surface area (Å²) in [6, 6.07) is 0. The number of anilines is 2. The van der Waals surface area contributed by atoms with Crippen molar-refractivity contribution in [3.8, 4) is 0 Å². The second-order valence-electron chi connectivity index (χ2n) is 11.4. The maximum absolute atomic E-state index is 12.4. The number of aromatic amines is 2. The largest absolute Gasteiger partial charge is 0.490 e. The maximum atomic E-state index is 12.4. The van der Waals surface area contributed by atoms with Gasteiger partial charge in [-0.05, 0) is 0 Å². The Morgan fingerprint density at radius 3 is 1.35 bits per heavy atom. The van der Waals surface area contributed by atoms with Gasteiger partial charge in [0.1, 0.15) is 36.6 Å². The lowest BCUT2D eigenvalue weighted by atomic mass is 10.1. The summed E-state index contributed by atoms with van der Waals surface area (Å²) < 4.78 is 82.9. The van der Waals surface area contributed by atoms with E-state index in [2.05, 4.69) is 51.9 Å². The van der Waals surface area contributed by atoms with Crippen molar-refractivity contribution >= 4 is 65.5 Å². The molecule has 2 fully saturated rings. The molecule has 14 N–H and O–H groups in total. The Kier molecular flexibility index (Phi) is 11.1. The molecule has 0 amide bonds. The van der Waals surface area contributed by atoms with Crippen LogP contribution in [0.25, 0.3) is 22.3 Å². The van der Waals surface area contributed by atoms with Crippen LogP contribution in [-0.2, 0) is 49.7 Å². The molecule has 6 rings (SSSR count). The fourth-order valence-corrected chi connectivity index (χ4v) is 10.2. The molecule has 4 aromatic rings. The first-order chi connectivity index (χ1) is 25.5. The number of nitrogens with two attached hydrogens (primary N) is 2. The topological polar surface area (TPSA) is 474 Å². The lowest BCUT2D eigenvalue weighted by Gasteiger charge is -2.21. The van der Waals surface area contributed by atoms with E-state index in [1.165, 1.54) is 0 Å². The van der Waals surface area contributed by atoms with Crippen LogP contribution in [0.5, 0.6) is 0 Å². The molecule has 304 valence electrons. The molecule has 2 aliphatic heterocycles. The van der Waals surface area contributed by atoms with Crippen molar-refractivity contribution in [1.82, 2.24) is 39.0 Å². The number of hydrogen-bond acceptors (Lipinski definition) is 23. The fourth-order valence-electron chi connectivity index (χ4n) is 5.26. The molecule has 4 aromatic heterocycles. The highest BCUT2D eigenvalue weighted by atomic mass is 31.3. The Labute approximate surface area is 301 Å². The number of rotatable bonds is 14. The molecule has 0 aliphatic carbocycles.